The van der Waals surface area contributed by atoms with Gasteiger partial charge in [-0.3, -0.25) is 0 Å². The van der Waals surface area contributed by atoms with Gasteiger partial charge in [0.05, 0.1) is 11.7 Å². The summed E-state index contributed by atoms with van der Waals surface area (Å²) in [6, 6.07) is 0. The monoisotopic (exact) mass is 199 g/mol. The Hall–Kier alpha value is -0.0800. The van der Waals surface area contributed by atoms with E-state index in [2.05, 4.69) is 33.0 Å². The van der Waals surface area contributed by atoms with Crippen LogP contribution >= 0.6 is 0 Å². The quantitative estimate of drug-likeness (QED) is 0.687. The predicted molar refractivity (Wildman–Crippen MR) is 60.5 cm³/mol. The summed E-state index contributed by atoms with van der Waals surface area (Å²) in [5, 5.41) is 3.46. The molecule has 1 fully saturated rings. The smallest absolute Gasteiger partial charge is 0.0631 e. The van der Waals surface area contributed by atoms with Crippen molar-refractivity contribution in [1.29, 1.82) is 0 Å². The Kier molecular flexibility index (Phi) is 4.39. The predicted octanol–water partition coefficient (Wildman–Crippen LogP) is 2.58. The summed E-state index contributed by atoms with van der Waals surface area (Å²) in [5.74, 6) is 0.746. The van der Waals surface area contributed by atoms with Crippen molar-refractivity contribution in [3.63, 3.8) is 0 Å². The van der Waals surface area contributed by atoms with E-state index in [0.717, 1.165) is 25.4 Å². The molecule has 0 aromatic carbocycles. The standard InChI is InChI=1S/C12H25NO/c1-10(2)9-13-8-6-11-5-7-12(3,4)14-11/h10-11,13H,5-9H2,1-4H3. The van der Waals surface area contributed by atoms with E-state index in [1.54, 1.807) is 0 Å². The van der Waals surface area contributed by atoms with Crippen molar-refractivity contribution < 1.29 is 4.74 Å². The van der Waals surface area contributed by atoms with Crippen LogP contribution in [0.25, 0.3) is 0 Å². The summed E-state index contributed by atoms with van der Waals surface area (Å²) >= 11 is 0. The van der Waals surface area contributed by atoms with E-state index in [9.17, 15) is 0 Å². The van der Waals surface area contributed by atoms with Gasteiger partial charge in [-0.1, -0.05) is 13.8 Å². The molecule has 0 aromatic heterocycles. The van der Waals surface area contributed by atoms with Crippen LogP contribution in [0.5, 0.6) is 0 Å². The lowest BCUT2D eigenvalue weighted by Crippen LogP contribution is -2.26. The van der Waals surface area contributed by atoms with Crippen LogP contribution in [-0.2, 0) is 4.74 Å². The number of rotatable bonds is 5. The SMILES string of the molecule is CC(C)CNCCC1CCC(C)(C)O1. The van der Waals surface area contributed by atoms with Crippen molar-refractivity contribution in [2.75, 3.05) is 13.1 Å². The Morgan fingerprint density at radius 1 is 1.43 bits per heavy atom. The molecule has 14 heavy (non-hydrogen) atoms. The van der Waals surface area contributed by atoms with Crippen molar-refractivity contribution >= 4 is 0 Å². The zero-order valence-electron chi connectivity index (χ0n) is 10.1. The largest absolute Gasteiger partial charge is 0.372 e. The van der Waals surface area contributed by atoms with Gasteiger partial charge in [0, 0.05) is 0 Å². The van der Waals surface area contributed by atoms with Gasteiger partial charge in [0.15, 0.2) is 0 Å². The fourth-order valence-corrected chi connectivity index (χ4v) is 1.93. The van der Waals surface area contributed by atoms with Crippen molar-refractivity contribution in [2.24, 2.45) is 5.92 Å². The Morgan fingerprint density at radius 2 is 2.14 bits per heavy atom. The lowest BCUT2D eigenvalue weighted by atomic mass is 10.0. The molecule has 0 saturated carbocycles. The van der Waals surface area contributed by atoms with Crippen LogP contribution in [-0.4, -0.2) is 24.8 Å². The normalized spacial score (nSPS) is 25.9. The first-order valence-electron chi connectivity index (χ1n) is 5.88. The summed E-state index contributed by atoms with van der Waals surface area (Å²) in [6.07, 6.45) is 4.10. The summed E-state index contributed by atoms with van der Waals surface area (Å²) in [5.41, 5.74) is 0.128. The molecule has 1 saturated heterocycles. The number of nitrogens with one attached hydrogen (secondary N) is 1. The highest BCUT2D eigenvalue weighted by Crippen LogP contribution is 2.30. The average molecular weight is 199 g/mol. The minimum atomic E-state index is 0.128. The summed E-state index contributed by atoms with van der Waals surface area (Å²) < 4.78 is 5.92. The molecule has 1 aliphatic rings. The lowest BCUT2D eigenvalue weighted by molar-refractivity contribution is -0.0179. The first-order valence-corrected chi connectivity index (χ1v) is 5.88. The summed E-state index contributed by atoms with van der Waals surface area (Å²) in [4.78, 5) is 0. The van der Waals surface area contributed by atoms with Gasteiger partial charge in [-0.05, 0) is 52.1 Å². The maximum Gasteiger partial charge on any atom is 0.0631 e. The van der Waals surface area contributed by atoms with E-state index in [4.69, 9.17) is 4.74 Å². The van der Waals surface area contributed by atoms with Crippen LogP contribution in [0.4, 0.5) is 0 Å². The van der Waals surface area contributed by atoms with E-state index < -0.39 is 0 Å². The molecule has 1 atom stereocenters. The molecule has 1 unspecified atom stereocenters. The second-order valence-corrected chi connectivity index (χ2v) is 5.42. The second kappa shape index (κ2) is 5.13. The van der Waals surface area contributed by atoms with Gasteiger partial charge in [0.1, 0.15) is 0 Å². The van der Waals surface area contributed by atoms with Crippen molar-refractivity contribution in [2.45, 2.75) is 58.7 Å². The Labute approximate surface area is 88.4 Å². The minimum absolute atomic E-state index is 0.128. The highest BCUT2D eigenvalue weighted by molar-refractivity contribution is 4.80. The molecular formula is C12H25NO. The van der Waals surface area contributed by atoms with Gasteiger partial charge in [0.2, 0.25) is 0 Å². The molecule has 84 valence electrons. The number of ether oxygens (including phenoxy) is 1. The van der Waals surface area contributed by atoms with Crippen molar-refractivity contribution in [3.05, 3.63) is 0 Å². The van der Waals surface area contributed by atoms with Crippen LogP contribution < -0.4 is 5.32 Å². The Balaban J connectivity index is 2.03. The summed E-state index contributed by atoms with van der Waals surface area (Å²) in [7, 11) is 0. The van der Waals surface area contributed by atoms with E-state index in [1.807, 2.05) is 0 Å². The maximum absolute atomic E-state index is 5.92. The Morgan fingerprint density at radius 3 is 2.64 bits per heavy atom. The molecule has 1 N–H and O–H groups in total. The molecule has 1 heterocycles. The molecule has 0 aromatic rings. The molecule has 0 radical (unpaired) electrons. The molecule has 1 aliphatic heterocycles. The van der Waals surface area contributed by atoms with Gasteiger partial charge in [-0.15, -0.1) is 0 Å². The minimum Gasteiger partial charge on any atom is -0.372 e. The van der Waals surface area contributed by atoms with E-state index >= 15 is 0 Å². The second-order valence-electron chi connectivity index (χ2n) is 5.42. The molecule has 1 rings (SSSR count). The highest BCUT2D eigenvalue weighted by atomic mass is 16.5. The maximum atomic E-state index is 5.92. The first-order chi connectivity index (χ1) is 6.49. The Bertz CT molecular complexity index is 166. The van der Waals surface area contributed by atoms with E-state index in [-0.39, 0.29) is 5.60 Å². The molecular weight excluding hydrogens is 174 g/mol. The molecule has 0 spiro atoms. The molecule has 0 bridgehead atoms. The average Bonchev–Trinajstić information content (AvgIpc) is 2.39. The fraction of sp³-hybridized carbons (Fsp3) is 1.00. The van der Waals surface area contributed by atoms with Crippen LogP contribution in [0.2, 0.25) is 0 Å². The third-order valence-corrected chi connectivity index (χ3v) is 2.75. The number of hydrogen-bond donors (Lipinski definition) is 1. The molecule has 2 heteroatoms. The van der Waals surface area contributed by atoms with E-state index in [0.29, 0.717) is 6.10 Å². The van der Waals surface area contributed by atoms with Gasteiger partial charge in [-0.2, -0.15) is 0 Å². The van der Waals surface area contributed by atoms with Crippen molar-refractivity contribution in [3.8, 4) is 0 Å². The highest BCUT2D eigenvalue weighted by Gasteiger charge is 2.30. The van der Waals surface area contributed by atoms with Crippen LogP contribution in [0.3, 0.4) is 0 Å². The lowest BCUT2D eigenvalue weighted by Gasteiger charge is -2.19. The number of hydrogen-bond acceptors (Lipinski definition) is 2. The van der Waals surface area contributed by atoms with Gasteiger partial charge < -0.3 is 10.1 Å². The first kappa shape index (κ1) is 12.0. The van der Waals surface area contributed by atoms with Gasteiger partial charge in [0.25, 0.3) is 0 Å². The third kappa shape index (κ3) is 4.43. The van der Waals surface area contributed by atoms with E-state index in [1.165, 1.54) is 12.8 Å². The zero-order chi connectivity index (χ0) is 10.6. The topological polar surface area (TPSA) is 21.3 Å². The van der Waals surface area contributed by atoms with Crippen LogP contribution in [0, 0.1) is 5.92 Å². The molecule has 2 nitrogen and oxygen atoms in total. The van der Waals surface area contributed by atoms with Crippen molar-refractivity contribution in [1.82, 2.24) is 5.32 Å². The molecule has 0 aliphatic carbocycles. The van der Waals surface area contributed by atoms with Crippen LogP contribution in [0.1, 0.15) is 47.0 Å². The van der Waals surface area contributed by atoms with Gasteiger partial charge in [-0.25, -0.2) is 0 Å². The third-order valence-electron chi connectivity index (χ3n) is 2.75. The summed E-state index contributed by atoms with van der Waals surface area (Å²) in [6.45, 7) is 11.1. The van der Waals surface area contributed by atoms with Crippen LogP contribution in [0.15, 0.2) is 0 Å². The zero-order valence-corrected chi connectivity index (χ0v) is 10.1. The van der Waals surface area contributed by atoms with Gasteiger partial charge >= 0.3 is 0 Å². The fourth-order valence-electron chi connectivity index (χ4n) is 1.93. The molecule has 0 amide bonds.